The standard InChI is InChI=1S/C37H29NO3/c1-25-33(31-19-11-12-20-32(31)38-25)34(26-21-23-30(24-22-26)41-29-17-9-4-10-18-29)35(36(39)27-13-5-2-6-14-27)37(40)28-15-7-3-8-16-28/h2-24,34-35,38H,1H3/t34-/m0/s1. The second-order valence-corrected chi connectivity index (χ2v) is 10.1. The van der Waals surface area contributed by atoms with Crippen LogP contribution in [0, 0.1) is 12.8 Å². The molecule has 6 rings (SSSR count). The van der Waals surface area contributed by atoms with Gasteiger partial charge in [0.05, 0.1) is 5.92 Å². The molecule has 41 heavy (non-hydrogen) atoms. The molecule has 0 bridgehead atoms. The van der Waals surface area contributed by atoms with Crippen molar-refractivity contribution in [3.8, 4) is 11.5 Å². The molecule has 1 heterocycles. The number of aromatic nitrogens is 1. The summed E-state index contributed by atoms with van der Waals surface area (Å²) < 4.78 is 6.05. The Kier molecular flexibility index (Phi) is 7.29. The molecule has 0 spiro atoms. The van der Waals surface area contributed by atoms with Crippen LogP contribution in [0.3, 0.4) is 0 Å². The van der Waals surface area contributed by atoms with E-state index in [9.17, 15) is 9.59 Å². The molecule has 4 nitrogen and oxygen atoms in total. The highest BCUT2D eigenvalue weighted by molar-refractivity contribution is 6.17. The van der Waals surface area contributed by atoms with Crippen LogP contribution in [0.25, 0.3) is 10.9 Å². The van der Waals surface area contributed by atoms with Gasteiger partial charge in [-0.2, -0.15) is 0 Å². The van der Waals surface area contributed by atoms with Gasteiger partial charge in [-0.15, -0.1) is 0 Å². The molecule has 1 aromatic heterocycles. The molecule has 6 aromatic rings. The first kappa shape index (κ1) is 26.0. The van der Waals surface area contributed by atoms with Crippen LogP contribution in [0.5, 0.6) is 11.5 Å². The SMILES string of the molecule is Cc1[nH]c2ccccc2c1[C@H](c1ccc(Oc2ccccc2)cc1)C(C(=O)c1ccccc1)C(=O)c1ccccc1. The third-order valence-corrected chi connectivity index (χ3v) is 7.49. The van der Waals surface area contributed by atoms with E-state index >= 15 is 0 Å². The molecule has 0 aliphatic carbocycles. The van der Waals surface area contributed by atoms with Crippen molar-refractivity contribution in [3.63, 3.8) is 0 Å². The number of nitrogens with one attached hydrogen (secondary N) is 1. The number of fused-ring (bicyclic) bond motifs is 1. The minimum atomic E-state index is -0.987. The molecule has 0 amide bonds. The van der Waals surface area contributed by atoms with Crippen molar-refractivity contribution in [2.75, 3.05) is 0 Å². The lowest BCUT2D eigenvalue weighted by Gasteiger charge is -2.27. The Hall–Kier alpha value is -5.22. The van der Waals surface area contributed by atoms with E-state index in [2.05, 4.69) is 4.98 Å². The van der Waals surface area contributed by atoms with Crippen LogP contribution in [-0.2, 0) is 0 Å². The summed E-state index contributed by atoms with van der Waals surface area (Å²) in [6.07, 6.45) is 0. The van der Waals surface area contributed by atoms with Crippen LogP contribution in [0.1, 0.15) is 43.5 Å². The number of ketones is 2. The first-order valence-electron chi connectivity index (χ1n) is 13.7. The lowest BCUT2D eigenvalue weighted by Crippen LogP contribution is -2.31. The van der Waals surface area contributed by atoms with Crippen LogP contribution in [0.4, 0.5) is 0 Å². The summed E-state index contributed by atoms with van der Waals surface area (Å²) >= 11 is 0. The van der Waals surface area contributed by atoms with Gasteiger partial charge in [-0.3, -0.25) is 9.59 Å². The molecule has 0 fully saturated rings. The lowest BCUT2D eigenvalue weighted by molar-refractivity contribution is 0.0793. The maximum absolute atomic E-state index is 14.4. The summed E-state index contributed by atoms with van der Waals surface area (Å²) in [6.45, 7) is 2.01. The summed E-state index contributed by atoms with van der Waals surface area (Å²) in [7, 11) is 0. The molecule has 1 N–H and O–H groups in total. The van der Waals surface area contributed by atoms with E-state index in [4.69, 9.17) is 4.74 Å². The predicted molar refractivity (Wildman–Crippen MR) is 163 cm³/mol. The average Bonchev–Trinajstić information content (AvgIpc) is 3.36. The zero-order valence-corrected chi connectivity index (χ0v) is 22.7. The van der Waals surface area contributed by atoms with Gasteiger partial charge in [-0.05, 0) is 48.4 Å². The minimum Gasteiger partial charge on any atom is -0.457 e. The Morgan fingerprint density at radius 2 is 1.07 bits per heavy atom. The number of aryl methyl sites for hydroxylation is 1. The Morgan fingerprint density at radius 3 is 1.66 bits per heavy atom. The first-order valence-corrected chi connectivity index (χ1v) is 13.7. The van der Waals surface area contributed by atoms with E-state index in [1.54, 1.807) is 24.3 Å². The minimum absolute atomic E-state index is 0.209. The van der Waals surface area contributed by atoms with Gasteiger partial charge in [0, 0.05) is 33.6 Å². The van der Waals surface area contributed by atoms with Crippen molar-refractivity contribution in [2.24, 2.45) is 5.92 Å². The van der Waals surface area contributed by atoms with Crippen LogP contribution in [0.15, 0.2) is 140 Å². The Morgan fingerprint density at radius 1 is 0.585 bits per heavy atom. The van der Waals surface area contributed by atoms with Gasteiger partial charge in [0.25, 0.3) is 0 Å². The fourth-order valence-electron chi connectivity index (χ4n) is 5.58. The lowest BCUT2D eigenvalue weighted by atomic mass is 9.73. The predicted octanol–water partition coefficient (Wildman–Crippen LogP) is 8.78. The highest BCUT2D eigenvalue weighted by atomic mass is 16.5. The third kappa shape index (κ3) is 5.32. The molecule has 4 heteroatoms. The van der Waals surface area contributed by atoms with Crippen molar-refractivity contribution in [1.29, 1.82) is 0 Å². The maximum atomic E-state index is 14.4. The van der Waals surface area contributed by atoms with Gasteiger partial charge in [-0.1, -0.05) is 109 Å². The number of Topliss-reactive ketones (excluding diaryl/α,β-unsaturated/α-hetero) is 2. The molecule has 0 unspecified atom stereocenters. The van der Waals surface area contributed by atoms with Crippen LogP contribution in [-0.4, -0.2) is 16.6 Å². The highest BCUT2D eigenvalue weighted by Crippen LogP contribution is 2.42. The summed E-state index contributed by atoms with van der Waals surface area (Å²) in [6, 6.07) is 43.6. The maximum Gasteiger partial charge on any atom is 0.174 e. The van der Waals surface area contributed by atoms with Crippen LogP contribution < -0.4 is 4.74 Å². The largest absolute Gasteiger partial charge is 0.457 e. The van der Waals surface area contributed by atoms with Gasteiger partial charge >= 0.3 is 0 Å². The molecule has 0 aliphatic heterocycles. The molecule has 0 saturated carbocycles. The second kappa shape index (κ2) is 11.5. The van der Waals surface area contributed by atoms with E-state index in [-0.39, 0.29) is 11.6 Å². The van der Waals surface area contributed by atoms with Crippen LogP contribution >= 0.6 is 0 Å². The number of H-pyrrole nitrogens is 1. The third-order valence-electron chi connectivity index (χ3n) is 7.49. The molecule has 1 atom stereocenters. The topological polar surface area (TPSA) is 59.2 Å². The average molecular weight is 536 g/mol. The first-order chi connectivity index (χ1) is 20.1. The van der Waals surface area contributed by atoms with E-state index in [1.165, 1.54) is 0 Å². The number of hydrogen-bond acceptors (Lipinski definition) is 3. The molecule has 5 aromatic carbocycles. The van der Waals surface area contributed by atoms with E-state index in [1.807, 2.05) is 122 Å². The van der Waals surface area contributed by atoms with Gasteiger partial charge in [0.2, 0.25) is 0 Å². The summed E-state index contributed by atoms with van der Waals surface area (Å²) in [5.74, 6) is -0.538. The smallest absolute Gasteiger partial charge is 0.174 e. The Bertz CT molecular complexity index is 1740. The number of para-hydroxylation sites is 2. The molecule has 0 aliphatic rings. The summed E-state index contributed by atoms with van der Waals surface area (Å²) in [5.41, 5.74) is 4.70. The van der Waals surface area contributed by atoms with E-state index < -0.39 is 11.8 Å². The number of benzene rings is 5. The van der Waals surface area contributed by atoms with E-state index in [0.29, 0.717) is 16.9 Å². The van der Waals surface area contributed by atoms with Gasteiger partial charge in [0.15, 0.2) is 11.6 Å². The van der Waals surface area contributed by atoms with E-state index in [0.717, 1.165) is 33.5 Å². The fraction of sp³-hybridized carbons (Fsp3) is 0.0811. The number of aromatic amines is 1. The van der Waals surface area contributed by atoms with Crippen molar-refractivity contribution < 1.29 is 14.3 Å². The normalized spacial score (nSPS) is 11.9. The number of carbonyl (C=O) groups excluding carboxylic acids is 2. The quantitative estimate of drug-likeness (QED) is 0.149. The number of ether oxygens (including phenoxy) is 1. The molecular weight excluding hydrogens is 506 g/mol. The zero-order chi connectivity index (χ0) is 28.2. The van der Waals surface area contributed by atoms with Crippen molar-refractivity contribution in [1.82, 2.24) is 4.98 Å². The van der Waals surface area contributed by atoms with Gasteiger partial charge < -0.3 is 9.72 Å². The molecule has 0 radical (unpaired) electrons. The monoisotopic (exact) mass is 535 g/mol. The second-order valence-electron chi connectivity index (χ2n) is 10.1. The number of rotatable bonds is 9. The van der Waals surface area contributed by atoms with Gasteiger partial charge in [0.1, 0.15) is 11.5 Å². The Balaban J connectivity index is 1.53. The Labute approximate surface area is 239 Å². The molecule has 200 valence electrons. The highest BCUT2D eigenvalue weighted by Gasteiger charge is 2.39. The summed E-state index contributed by atoms with van der Waals surface area (Å²) in [4.78, 5) is 32.2. The van der Waals surface area contributed by atoms with Crippen molar-refractivity contribution in [2.45, 2.75) is 12.8 Å². The fourth-order valence-corrected chi connectivity index (χ4v) is 5.58. The van der Waals surface area contributed by atoms with Gasteiger partial charge in [-0.25, -0.2) is 0 Å². The molecular formula is C37H29NO3. The van der Waals surface area contributed by atoms with Crippen molar-refractivity contribution in [3.05, 3.63) is 167 Å². The van der Waals surface area contributed by atoms with Crippen LogP contribution in [0.2, 0.25) is 0 Å². The zero-order valence-electron chi connectivity index (χ0n) is 22.7. The number of hydrogen-bond donors (Lipinski definition) is 1. The summed E-state index contributed by atoms with van der Waals surface area (Å²) in [5, 5.41) is 0.992. The number of carbonyl (C=O) groups is 2. The van der Waals surface area contributed by atoms with Crippen molar-refractivity contribution >= 4 is 22.5 Å². The molecule has 0 saturated heterocycles.